The van der Waals surface area contributed by atoms with Gasteiger partial charge in [-0.2, -0.15) is 0 Å². The molecule has 90 valence electrons. The Balaban J connectivity index is 2.72. The Labute approximate surface area is 105 Å². The highest BCUT2D eigenvalue weighted by Gasteiger charge is 2.07. The fourth-order valence-corrected chi connectivity index (χ4v) is 1.86. The van der Waals surface area contributed by atoms with E-state index < -0.39 is 0 Å². The minimum atomic E-state index is 0.330. The van der Waals surface area contributed by atoms with Crippen LogP contribution >= 0.6 is 15.9 Å². The van der Waals surface area contributed by atoms with Gasteiger partial charge in [0.2, 0.25) is 0 Å². The molecule has 0 radical (unpaired) electrons. The Hall–Kier alpha value is -0.740. The third-order valence-corrected chi connectivity index (χ3v) is 3.04. The van der Waals surface area contributed by atoms with Gasteiger partial charge in [-0.1, -0.05) is 6.92 Å². The average molecular weight is 288 g/mol. The first-order chi connectivity index (χ1) is 7.71. The number of benzene rings is 1. The number of anilines is 1. The second-order valence-corrected chi connectivity index (χ2v) is 4.41. The summed E-state index contributed by atoms with van der Waals surface area (Å²) in [4.78, 5) is 0. The van der Waals surface area contributed by atoms with Crippen LogP contribution in [-0.2, 0) is 4.74 Å². The topological polar surface area (TPSA) is 30.5 Å². The molecule has 0 saturated heterocycles. The van der Waals surface area contributed by atoms with Crippen LogP contribution in [-0.4, -0.2) is 26.9 Å². The van der Waals surface area contributed by atoms with E-state index in [1.54, 1.807) is 14.2 Å². The maximum Gasteiger partial charge on any atom is 0.135 e. The molecule has 1 unspecified atom stereocenters. The molecule has 1 aromatic carbocycles. The highest BCUT2D eigenvalue weighted by Crippen LogP contribution is 2.28. The lowest BCUT2D eigenvalue weighted by molar-refractivity contribution is 0.184. The molecule has 0 amide bonds. The zero-order valence-corrected chi connectivity index (χ0v) is 11.5. The van der Waals surface area contributed by atoms with Gasteiger partial charge in [0.25, 0.3) is 0 Å². The van der Waals surface area contributed by atoms with Crippen molar-refractivity contribution in [3.8, 4) is 5.75 Å². The van der Waals surface area contributed by atoms with Gasteiger partial charge in [-0.3, -0.25) is 0 Å². The molecule has 3 nitrogen and oxygen atoms in total. The lowest BCUT2D eigenvalue weighted by Gasteiger charge is -2.18. The van der Waals surface area contributed by atoms with Gasteiger partial charge >= 0.3 is 0 Å². The van der Waals surface area contributed by atoms with Crippen LogP contribution in [0.25, 0.3) is 0 Å². The highest BCUT2D eigenvalue weighted by atomic mass is 79.9. The fraction of sp³-hybridized carbons (Fsp3) is 0.500. The molecule has 0 bridgehead atoms. The molecule has 1 atom stereocenters. The second kappa shape index (κ2) is 6.76. The van der Waals surface area contributed by atoms with Crippen molar-refractivity contribution in [1.82, 2.24) is 0 Å². The van der Waals surface area contributed by atoms with Crippen LogP contribution in [0.4, 0.5) is 5.69 Å². The molecule has 0 aliphatic rings. The van der Waals surface area contributed by atoms with Gasteiger partial charge in [-0.25, -0.2) is 0 Å². The number of hydrogen-bond acceptors (Lipinski definition) is 3. The number of hydrogen-bond donors (Lipinski definition) is 1. The van der Waals surface area contributed by atoms with Gasteiger partial charge in [0.1, 0.15) is 5.75 Å². The number of methoxy groups -OCH3 is 2. The summed E-state index contributed by atoms with van der Waals surface area (Å²) in [5.74, 6) is 0.831. The van der Waals surface area contributed by atoms with E-state index in [0.29, 0.717) is 12.6 Å². The van der Waals surface area contributed by atoms with Crippen LogP contribution in [0.2, 0.25) is 0 Å². The zero-order valence-electron chi connectivity index (χ0n) is 9.92. The van der Waals surface area contributed by atoms with Crippen molar-refractivity contribution >= 4 is 21.6 Å². The molecule has 0 spiro atoms. The van der Waals surface area contributed by atoms with E-state index in [0.717, 1.165) is 22.3 Å². The Morgan fingerprint density at radius 1 is 1.38 bits per heavy atom. The van der Waals surface area contributed by atoms with Gasteiger partial charge < -0.3 is 14.8 Å². The van der Waals surface area contributed by atoms with E-state index in [1.165, 1.54) is 0 Å². The summed E-state index contributed by atoms with van der Waals surface area (Å²) >= 11 is 3.43. The molecule has 0 heterocycles. The summed E-state index contributed by atoms with van der Waals surface area (Å²) in [6, 6.07) is 6.30. The van der Waals surface area contributed by atoms with Gasteiger partial charge in [0, 0.05) is 24.9 Å². The zero-order chi connectivity index (χ0) is 12.0. The van der Waals surface area contributed by atoms with Crippen molar-refractivity contribution < 1.29 is 9.47 Å². The molecule has 0 fully saturated rings. The van der Waals surface area contributed by atoms with Crippen LogP contribution in [0.3, 0.4) is 0 Å². The van der Waals surface area contributed by atoms with Crippen LogP contribution in [0.15, 0.2) is 22.7 Å². The van der Waals surface area contributed by atoms with Crippen molar-refractivity contribution in [1.29, 1.82) is 0 Å². The lowest BCUT2D eigenvalue weighted by atomic mass is 10.2. The monoisotopic (exact) mass is 287 g/mol. The van der Waals surface area contributed by atoms with E-state index in [-0.39, 0.29) is 0 Å². The molecule has 0 saturated carbocycles. The van der Waals surface area contributed by atoms with Gasteiger partial charge in [0.15, 0.2) is 0 Å². The fourth-order valence-electron chi connectivity index (χ4n) is 1.45. The minimum Gasteiger partial charge on any atom is -0.495 e. The van der Waals surface area contributed by atoms with Crippen LogP contribution < -0.4 is 10.1 Å². The maximum absolute atomic E-state index is 5.24. The largest absolute Gasteiger partial charge is 0.495 e. The normalized spacial score (nSPS) is 12.2. The predicted molar refractivity (Wildman–Crippen MR) is 70.3 cm³/mol. The molecule has 0 aliphatic carbocycles. The number of ether oxygens (including phenoxy) is 2. The first-order valence-corrected chi connectivity index (χ1v) is 6.09. The van der Waals surface area contributed by atoms with Crippen molar-refractivity contribution in [3.05, 3.63) is 22.7 Å². The third kappa shape index (κ3) is 3.68. The second-order valence-electron chi connectivity index (χ2n) is 3.55. The van der Waals surface area contributed by atoms with E-state index >= 15 is 0 Å². The summed E-state index contributed by atoms with van der Waals surface area (Å²) in [6.45, 7) is 2.83. The highest BCUT2D eigenvalue weighted by molar-refractivity contribution is 9.10. The van der Waals surface area contributed by atoms with Crippen molar-refractivity contribution in [2.45, 2.75) is 19.4 Å². The lowest BCUT2D eigenvalue weighted by Crippen LogP contribution is -2.23. The molecule has 0 aromatic heterocycles. The standard InChI is InChI=1S/C12H18BrNO2/c1-4-9(8-15-2)14-10-5-6-11(13)12(7-10)16-3/h5-7,9,14H,4,8H2,1-3H3. The summed E-state index contributed by atoms with van der Waals surface area (Å²) in [7, 11) is 3.38. The third-order valence-electron chi connectivity index (χ3n) is 2.38. The molecule has 4 heteroatoms. The summed E-state index contributed by atoms with van der Waals surface area (Å²) in [5, 5.41) is 3.41. The summed E-state index contributed by atoms with van der Waals surface area (Å²) in [6.07, 6.45) is 1.02. The summed E-state index contributed by atoms with van der Waals surface area (Å²) < 4.78 is 11.3. The van der Waals surface area contributed by atoms with E-state index in [4.69, 9.17) is 9.47 Å². The van der Waals surface area contributed by atoms with Crippen LogP contribution in [0.5, 0.6) is 5.75 Å². The van der Waals surface area contributed by atoms with E-state index in [2.05, 4.69) is 28.2 Å². The van der Waals surface area contributed by atoms with Gasteiger partial charge in [-0.05, 0) is 34.5 Å². The molecular weight excluding hydrogens is 270 g/mol. The molecule has 1 N–H and O–H groups in total. The molecule has 0 aliphatic heterocycles. The minimum absolute atomic E-state index is 0.330. The average Bonchev–Trinajstić information content (AvgIpc) is 2.30. The SMILES string of the molecule is CCC(COC)Nc1ccc(Br)c(OC)c1. The molecule has 16 heavy (non-hydrogen) atoms. The number of halogens is 1. The smallest absolute Gasteiger partial charge is 0.135 e. The number of rotatable bonds is 6. The van der Waals surface area contributed by atoms with Crippen molar-refractivity contribution in [2.75, 3.05) is 26.1 Å². The van der Waals surface area contributed by atoms with Gasteiger partial charge in [-0.15, -0.1) is 0 Å². The van der Waals surface area contributed by atoms with Crippen LogP contribution in [0, 0.1) is 0 Å². The summed E-state index contributed by atoms with van der Waals surface area (Å²) in [5.41, 5.74) is 1.05. The quantitative estimate of drug-likeness (QED) is 0.871. The Kier molecular flexibility index (Phi) is 5.63. The van der Waals surface area contributed by atoms with Crippen molar-refractivity contribution in [3.63, 3.8) is 0 Å². The Bertz CT molecular complexity index is 331. The first kappa shape index (κ1) is 13.3. The van der Waals surface area contributed by atoms with Crippen LogP contribution in [0.1, 0.15) is 13.3 Å². The van der Waals surface area contributed by atoms with Crippen molar-refractivity contribution in [2.24, 2.45) is 0 Å². The maximum atomic E-state index is 5.24. The number of nitrogens with one attached hydrogen (secondary N) is 1. The first-order valence-electron chi connectivity index (χ1n) is 5.30. The van der Waals surface area contributed by atoms with E-state index in [1.807, 2.05) is 18.2 Å². The molecular formula is C12H18BrNO2. The van der Waals surface area contributed by atoms with E-state index in [9.17, 15) is 0 Å². The Morgan fingerprint density at radius 3 is 2.69 bits per heavy atom. The Morgan fingerprint density at radius 2 is 2.12 bits per heavy atom. The molecule has 1 aromatic rings. The molecule has 1 rings (SSSR count). The van der Waals surface area contributed by atoms with Gasteiger partial charge in [0.05, 0.1) is 18.2 Å². The predicted octanol–water partition coefficient (Wildman–Crippen LogP) is 3.29.